The number of hydrogen-bond donors (Lipinski definition) is 3. The fourth-order valence-electron chi connectivity index (χ4n) is 3.46. The first-order valence-electron chi connectivity index (χ1n) is 9.95. The molecule has 0 saturated carbocycles. The van der Waals surface area contributed by atoms with Crippen molar-refractivity contribution in [3.8, 4) is 0 Å². The number of carbonyl (C=O) groups excluding carboxylic acids is 1. The number of nitrogens with zero attached hydrogens (tertiary/aromatic N) is 4. The normalized spacial score (nSPS) is 21.9. The molecular formula is C18H37GdN4O5+2. The van der Waals surface area contributed by atoms with E-state index in [1.807, 2.05) is 9.80 Å². The second-order valence-electron chi connectivity index (χ2n) is 7.05. The molecule has 0 spiro atoms. The van der Waals surface area contributed by atoms with Crippen LogP contribution in [0.15, 0.2) is 0 Å². The quantitative estimate of drug-likeness (QED) is 0.288. The molecule has 3 N–H and O–H groups in total. The molecular weight excluding hydrogens is 509 g/mol. The molecule has 1 aliphatic rings. The molecule has 0 amide bonds. The SMILES string of the molecule is CCN1CCN(CC)CCN([C@H](CO)[C@H](O)CO)CCN(CC(=O)[O-])CC1.[Gd+3]. The van der Waals surface area contributed by atoms with Crippen LogP contribution in [0.3, 0.4) is 0 Å². The third-order valence-corrected chi connectivity index (χ3v) is 5.41. The van der Waals surface area contributed by atoms with Gasteiger partial charge in [-0.25, -0.2) is 0 Å². The minimum atomic E-state index is -1.11. The standard InChI is InChI=1S/C18H38N4O5.Gd/c1-3-19-5-6-20(4-2)9-11-22(16(14-23)17(25)15-24)12-10-21(8-7-19)13-18(26)27;/h16-17,23-25H,3-15H2,1-2H3,(H,26,27);/q;+3/p-1/t16-,17-;/m1./s1. The van der Waals surface area contributed by atoms with Crippen LogP contribution in [0.2, 0.25) is 0 Å². The number of carboxylic acids is 1. The average molecular weight is 547 g/mol. The van der Waals surface area contributed by atoms with Gasteiger partial charge in [-0.2, -0.15) is 0 Å². The van der Waals surface area contributed by atoms with Gasteiger partial charge in [-0.15, -0.1) is 0 Å². The van der Waals surface area contributed by atoms with Crippen molar-refractivity contribution < 1.29 is 65.2 Å². The maximum Gasteiger partial charge on any atom is 3.00 e. The van der Waals surface area contributed by atoms with Crippen LogP contribution in [0.4, 0.5) is 0 Å². The van der Waals surface area contributed by atoms with Gasteiger partial charge in [0.05, 0.1) is 31.3 Å². The van der Waals surface area contributed by atoms with Gasteiger partial charge >= 0.3 is 39.9 Å². The van der Waals surface area contributed by atoms with E-state index in [9.17, 15) is 25.2 Å². The zero-order valence-corrected chi connectivity index (χ0v) is 19.4. The van der Waals surface area contributed by atoms with Crippen molar-refractivity contribution >= 4 is 5.97 Å². The second-order valence-corrected chi connectivity index (χ2v) is 7.05. The van der Waals surface area contributed by atoms with E-state index in [1.165, 1.54) is 0 Å². The summed E-state index contributed by atoms with van der Waals surface area (Å²) in [6, 6.07) is -0.575. The van der Waals surface area contributed by atoms with Gasteiger partial charge in [0.2, 0.25) is 0 Å². The predicted molar refractivity (Wildman–Crippen MR) is 101 cm³/mol. The van der Waals surface area contributed by atoms with E-state index in [-0.39, 0.29) is 53.1 Å². The molecule has 10 heteroatoms. The monoisotopic (exact) mass is 547 g/mol. The molecule has 0 bridgehead atoms. The molecule has 1 heterocycles. The Bertz CT molecular complexity index is 421. The van der Waals surface area contributed by atoms with Crippen molar-refractivity contribution in [2.45, 2.75) is 26.0 Å². The fourth-order valence-corrected chi connectivity index (χ4v) is 3.46. The van der Waals surface area contributed by atoms with Gasteiger partial charge in [0, 0.05) is 58.9 Å². The molecule has 2 atom stereocenters. The Balaban J connectivity index is 0.00000729. The molecule has 0 aliphatic carbocycles. The maximum absolute atomic E-state index is 11.1. The summed E-state index contributed by atoms with van der Waals surface area (Å²) in [5.41, 5.74) is 0. The summed E-state index contributed by atoms with van der Waals surface area (Å²) in [7, 11) is 0. The van der Waals surface area contributed by atoms with E-state index in [1.54, 1.807) is 0 Å². The minimum Gasteiger partial charge on any atom is -0.549 e. The number of carboxylic acid groups (broad SMARTS) is 1. The van der Waals surface area contributed by atoms with Crippen LogP contribution in [-0.4, -0.2) is 138 Å². The van der Waals surface area contributed by atoms with Gasteiger partial charge in [-0.05, 0) is 13.1 Å². The Hall–Kier alpha value is 0.515. The molecule has 0 aromatic rings. The molecule has 28 heavy (non-hydrogen) atoms. The number of hydrogen-bond acceptors (Lipinski definition) is 9. The van der Waals surface area contributed by atoms with Crippen LogP contribution in [0.25, 0.3) is 0 Å². The fraction of sp³-hybridized carbons (Fsp3) is 0.944. The zero-order valence-electron chi connectivity index (χ0n) is 17.1. The molecule has 0 unspecified atom stereocenters. The van der Waals surface area contributed by atoms with Gasteiger partial charge in [0.15, 0.2) is 0 Å². The maximum atomic E-state index is 11.1. The first-order valence-corrected chi connectivity index (χ1v) is 9.95. The van der Waals surface area contributed by atoms with E-state index < -0.39 is 24.7 Å². The van der Waals surface area contributed by atoms with Gasteiger partial charge in [-0.3, -0.25) is 9.80 Å². The van der Waals surface area contributed by atoms with Crippen LogP contribution in [0, 0.1) is 39.9 Å². The Morgan fingerprint density at radius 1 is 0.857 bits per heavy atom. The number of aliphatic hydroxyl groups is 3. The minimum absolute atomic E-state index is 0. The van der Waals surface area contributed by atoms with Crippen molar-refractivity contribution in [1.29, 1.82) is 0 Å². The Kier molecular flexibility index (Phi) is 16.5. The summed E-state index contributed by atoms with van der Waals surface area (Å²) in [5, 5.41) is 40.2. The smallest absolute Gasteiger partial charge is 0.549 e. The van der Waals surface area contributed by atoms with Gasteiger partial charge in [0.25, 0.3) is 0 Å². The summed E-state index contributed by atoms with van der Waals surface area (Å²) < 4.78 is 0. The summed E-state index contributed by atoms with van der Waals surface area (Å²) >= 11 is 0. The van der Waals surface area contributed by atoms with E-state index in [4.69, 9.17) is 0 Å². The average Bonchev–Trinajstić information content (AvgIpc) is 2.65. The topological polar surface area (TPSA) is 114 Å². The number of rotatable bonds is 8. The third kappa shape index (κ3) is 10.5. The first kappa shape index (κ1) is 28.5. The summed E-state index contributed by atoms with van der Waals surface area (Å²) in [4.78, 5) is 19.5. The third-order valence-electron chi connectivity index (χ3n) is 5.41. The molecule has 1 fully saturated rings. The van der Waals surface area contributed by atoms with E-state index in [0.717, 1.165) is 39.3 Å². The van der Waals surface area contributed by atoms with Crippen molar-refractivity contribution in [1.82, 2.24) is 19.6 Å². The second kappa shape index (κ2) is 16.2. The predicted octanol–water partition coefficient (Wildman–Crippen LogP) is -3.29. The van der Waals surface area contributed by atoms with Crippen molar-refractivity contribution in [2.24, 2.45) is 0 Å². The van der Waals surface area contributed by atoms with Gasteiger partial charge < -0.3 is 35.0 Å². The van der Waals surface area contributed by atoms with Gasteiger partial charge in [-0.1, -0.05) is 13.8 Å². The molecule has 1 rings (SSSR count). The van der Waals surface area contributed by atoms with Crippen LogP contribution < -0.4 is 5.11 Å². The Labute approximate surface area is 201 Å². The number of carbonyl (C=O) groups is 1. The number of aliphatic carboxylic acids is 1. The molecule has 1 saturated heterocycles. The molecule has 1 radical (unpaired) electrons. The van der Waals surface area contributed by atoms with Crippen LogP contribution in [0.5, 0.6) is 0 Å². The van der Waals surface area contributed by atoms with E-state index in [0.29, 0.717) is 26.2 Å². The first-order chi connectivity index (χ1) is 12.9. The van der Waals surface area contributed by atoms with Crippen molar-refractivity contribution in [2.75, 3.05) is 85.2 Å². The van der Waals surface area contributed by atoms with Crippen molar-refractivity contribution in [3.05, 3.63) is 0 Å². The number of aliphatic hydroxyl groups excluding tert-OH is 3. The number of likely N-dealkylation sites (N-methyl/N-ethyl adjacent to an activating group) is 2. The zero-order chi connectivity index (χ0) is 20.2. The molecule has 0 aromatic carbocycles. The van der Waals surface area contributed by atoms with Crippen molar-refractivity contribution in [3.63, 3.8) is 0 Å². The molecule has 1 aliphatic heterocycles. The van der Waals surface area contributed by atoms with E-state index in [2.05, 4.69) is 23.6 Å². The Morgan fingerprint density at radius 3 is 1.68 bits per heavy atom. The molecule has 0 aromatic heterocycles. The summed E-state index contributed by atoms with van der Waals surface area (Å²) in [5.74, 6) is -1.11. The summed E-state index contributed by atoms with van der Waals surface area (Å²) in [6.07, 6.45) is -1.04. The van der Waals surface area contributed by atoms with Crippen LogP contribution in [0.1, 0.15) is 13.8 Å². The molecule has 165 valence electrons. The van der Waals surface area contributed by atoms with Crippen LogP contribution in [-0.2, 0) is 4.79 Å². The largest absolute Gasteiger partial charge is 3.00 e. The summed E-state index contributed by atoms with van der Waals surface area (Å²) in [6.45, 7) is 10.8. The van der Waals surface area contributed by atoms with Gasteiger partial charge in [0.1, 0.15) is 0 Å². The van der Waals surface area contributed by atoms with Crippen LogP contribution >= 0.6 is 0 Å². The molecule has 9 nitrogen and oxygen atoms in total. The van der Waals surface area contributed by atoms with E-state index >= 15 is 0 Å². The Morgan fingerprint density at radius 2 is 1.29 bits per heavy atom.